The number of rotatable bonds is 3. The molecule has 1 aromatic carbocycles. The summed E-state index contributed by atoms with van der Waals surface area (Å²) in [6.45, 7) is 4.39. The van der Waals surface area contributed by atoms with Gasteiger partial charge in [0, 0.05) is 19.5 Å². The summed E-state index contributed by atoms with van der Waals surface area (Å²) in [6.07, 6.45) is 5.60. The molecule has 0 saturated carbocycles. The Balaban J connectivity index is 1.88. The van der Waals surface area contributed by atoms with Crippen molar-refractivity contribution in [3.63, 3.8) is 0 Å². The van der Waals surface area contributed by atoms with Crippen molar-refractivity contribution in [3.05, 3.63) is 41.9 Å². The Kier molecular flexibility index (Phi) is 3.88. The van der Waals surface area contributed by atoms with Crippen molar-refractivity contribution in [1.82, 2.24) is 14.9 Å². The molecule has 1 aliphatic heterocycles. The Hall–Kier alpha value is -1.61. The van der Waals surface area contributed by atoms with Crippen molar-refractivity contribution >= 4 is 0 Å². The SMILES string of the molecule is CCc1ccc(-c2cnc(C3CCCNC3)n2C)cc1. The van der Waals surface area contributed by atoms with Gasteiger partial charge in [0.1, 0.15) is 5.82 Å². The number of benzene rings is 1. The molecule has 2 heterocycles. The van der Waals surface area contributed by atoms with Gasteiger partial charge in [0.2, 0.25) is 0 Å². The molecule has 1 aromatic heterocycles. The number of nitrogens with one attached hydrogen (secondary N) is 1. The molecule has 0 aliphatic carbocycles. The van der Waals surface area contributed by atoms with Crippen molar-refractivity contribution in [3.8, 4) is 11.3 Å². The number of aryl methyl sites for hydroxylation is 1. The van der Waals surface area contributed by atoms with Crippen LogP contribution in [-0.4, -0.2) is 22.6 Å². The summed E-state index contributed by atoms with van der Waals surface area (Å²) in [5, 5.41) is 3.47. The molecule has 1 atom stereocenters. The van der Waals surface area contributed by atoms with E-state index in [0.29, 0.717) is 5.92 Å². The van der Waals surface area contributed by atoms with E-state index in [4.69, 9.17) is 0 Å². The fraction of sp³-hybridized carbons (Fsp3) is 0.471. The zero-order chi connectivity index (χ0) is 13.9. The molecule has 0 radical (unpaired) electrons. The van der Waals surface area contributed by atoms with Gasteiger partial charge in [-0.25, -0.2) is 4.98 Å². The van der Waals surface area contributed by atoms with Crippen molar-refractivity contribution in [2.75, 3.05) is 13.1 Å². The molecule has 1 saturated heterocycles. The highest BCUT2D eigenvalue weighted by atomic mass is 15.1. The molecule has 0 spiro atoms. The predicted molar refractivity (Wildman–Crippen MR) is 82.9 cm³/mol. The lowest BCUT2D eigenvalue weighted by Gasteiger charge is -2.22. The van der Waals surface area contributed by atoms with Crippen LogP contribution in [0.1, 0.15) is 37.1 Å². The molecule has 1 aliphatic rings. The molecule has 1 N–H and O–H groups in total. The molecule has 106 valence electrons. The van der Waals surface area contributed by atoms with Gasteiger partial charge in [-0.05, 0) is 36.9 Å². The summed E-state index contributed by atoms with van der Waals surface area (Å²) >= 11 is 0. The molecule has 1 unspecified atom stereocenters. The van der Waals surface area contributed by atoms with E-state index in [1.165, 1.54) is 35.5 Å². The number of piperidine rings is 1. The van der Waals surface area contributed by atoms with E-state index in [1.54, 1.807) is 0 Å². The Bertz CT molecular complexity index is 562. The highest BCUT2D eigenvalue weighted by molar-refractivity contribution is 5.59. The molecule has 2 aromatic rings. The fourth-order valence-electron chi connectivity index (χ4n) is 3.05. The quantitative estimate of drug-likeness (QED) is 0.928. The van der Waals surface area contributed by atoms with Gasteiger partial charge in [-0.3, -0.25) is 0 Å². The van der Waals surface area contributed by atoms with Crippen LogP contribution in [0.5, 0.6) is 0 Å². The van der Waals surface area contributed by atoms with Crippen LogP contribution in [-0.2, 0) is 13.5 Å². The second kappa shape index (κ2) is 5.80. The van der Waals surface area contributed by atoms with E-state index in [-0.39, 0.29) is 0 Å². The predicted octanol–water partition coefficient (Wildman–Crippen LogP) is 3.12. The van der Waals surface area contributed by atoms with Crippen molar-refractivity contribution in [1.29, 1.82) is 0 Å². The first-order valence-corrected chi connectivity index (χ1v) is 7.61. The molecule has 3 rings (SSSR count). The molecule has 0 bridgehead atoms. The van der Waals surface area contributed by atoms with Crippen LogP contribution < -0.4 is 5.32 Å². The average molecular weight is 269 g/mol. The van der Waals surface area contributed by atoms with E-state index in [2.05, 4.69) is 53.1 Å². The Labute approximate surface area is 121 Å². The highest BCUT2D eigenvalue weighted by Gasteiger charge is 2.20. The van der Waals surface area contributed by atoms with Gasteiger partial charge >= 0.3 is 0 Å². The fourth-order valence-corrected chi connectivity index (χ4v) is 3.05. The van der Waals surface area contributed by atoms with Crippen LogP contribution in [0.25, 0.3) is 11.3 Å². The van der Waals surface area contributed by atoms with Crippen LogP contribution in [0.2, 0.25) is 0 Å². The standard InChI is InChI=1S/C17H23N3/c1-3-13-6-8-14(9-7-13)16-12-19-17(20(16)2)15-5-4-10-18-11-15/h6-9,12,15,18H,3-5,10-11H2,1-2H3. The van der Waals surface area contributed by atoms with E-state index in [1.807, 2.05) is 6.20 Å². The van der Waals surface area contributed by atoms with Gasteiger partial charge in [-0.15, -0.1) is 0 Å². The van der Waals surface area contributed by atoms with E-state index in [9.17, 15) is 0 Å². The monoisotopic (exact) mass is 269 g/mol. The van der Waals surface area contributed by atoms with Crippen molar-refractivity contribution in [2.45, 2.75) is 32.1 Å². The van der Waals surface area contributed by atoms with Crippen molar-refractivity contribution < 1.29 is 0 Å². The lowest BCUT2D eigenvalue weighted by Crippen LogP contribution is -2.29. The molecule has 1 fully saturated rings. The van der Waals surface area contributed by atoms with Crippen LogP contribution in [0, 0.1) is 0 Å². The summed E-state index contributed by atoms with van der Waals surface area (Å²) < 4.78 is 2.26. The number of hydrogen-bond donors (Lipinski definition) is 1. The molecular weight excluding hydrogens is 246 g/mol. The van der Waals surface area contributed by atoms with Gasteiger partial charge in [0.25, 0.3) is 0 Å². The summed E-state index contributed by atoms with van der Waals surface area (Å²) in [6, 6.07) is 8.84. The van der Waals surface area contributed by atoms with Gasteiger partial charge in [0.15, 0.2) is 0 Å². The summed E-state index contributed by atoms with van der Waals surface area (Å²) in [5.41, 5.74) is 3.85. The van der Waals surface area contributed by atoms with Gasteiger partial charge in [-0.2, -0.15) is 0 Å². The second-order valence-corrected chi connectivity index (χ2v) is 5.65. The van der Waals surface area contributed by atoms with Gasteiger partial charge in [0.05, 0.1) is 11.9 Å². The normalized spacial score (nSPS) is 19.2. The first kappa shape index (κ1) is 13.4. The summed E-state index contributed by atoms with van der Waals surface area (Å²) in [4.78, 5) is 4.68. The number of imidazole rings is 1. The first-order valence-electron chi connectivity index (χ1n) is 7.61. The van der Waals surface area contributed by atoms with Gasteiger partial charge < -0.3 is 9.88 Å². The van der Waals surface area contributed by atoms with Crippen LogP contribution >= 0.6 is 0 Å². The number of nitrogens with zero attached hydrogens (tertiary/aromatic N) is 2. The maximum atomic E-state index is 4.68. The topological polar surface area (TPSA) is 29.9 Å². The zero-order valence-electron chi connectivity index (χ0n) is 12.4. The molecule has 3 heteroatoms. The lowest BCUT2D eigenvalue weighted by molar-refractivity contribution is 0.439. The van der Waals surface area contributed by atoms with Crippen LogP contribution in [0.4, 0.5) is 0 Å². The Morgan fingerprint density at radius 2 is 2.10 bits per heavy atom. The third kappa shape index (κ3) is 2.50. The lowest BCUT2D eigenvalue weighted by atomic mass is 9.99. The maximum Gasteiger partial charge on any atom is 0.113 e. The van der Waals surface area contributed by atoms with Gasteiger partial charge in [-0.1, -0.05) is 31.2 Å². The first-order chi connectivity index (χ1) is 9.79. The third-order valence-corrected chi connectivity index (χ3v) is 4.34. The molecule has 20 heavy (non-hydrogen) atoms. The largest absolute Gasteiger partial charge is 0.331 e. The highest BCUT2D eigenvalue weighted by Crippen LogP contribution is 2.27. The summed E-state index contributed by atoms with van der Waals surface area (Å²) in [5.74, 6) is 1.77. The van der Waals surface area contributed by atoms with E-state index < -0.39 is 0 Å². The molecule has 3 nitrogen and oxygen atoms in total. The molecule has 0 amide bonds. The Morgan fingerprint density at radius 1 is 1.30 bits per heavy atom. The smallest absolute Gasteiger partial charge is 0.113 e. The minimum absolute atomic E-state index is 0.553. The zero-order valence-corrected chi connectivity index (χ0v) is 12.4. The van der Waals surface area contributed by atoms with Crippen molar-refractivity contribution in [2.24, 2.45) is 7.05 Å². The Morgan fingerprint density at radius 3 is 2.75 bits per heavy atom. The second-order valence-electron chi connectivity index (χ2n) is 5.65. The molecular formula is C17H23N3. The van der Waals surface area contributed by atoms with E-state index in [0.717, 1.165) is 19.5 Å². The number of hydrogen-bond acceptors (Lipinski definition) is 2. The summed E-state index contributed by atoms with van der Waals surface area (Å²) in [7, 11) is 2.14. The number of aromatic nitrogens is 2. The maximum absolute atomic E-state index is 4.68. The minimum Gasteiger partial charge on any atom is -0.331 e. The van der Waals surface area contributed by atoms with E-state index >= 15 is 0 Å². The third-order valence-electron chi connectivity index (χ3n) is 4.34. The minimum atomic E-state index is 0.553. The van der Waals surface area contributed by atoms with Crippen LogP contribution in [0.15, 0.2) is 30.5 Å². The van der Waals surface area contributed by atoms with Crippen LogP contribution in [0.3, 0.4) is 0 Å². The average Bonchev–Trinajstić information content (AvgIpc) is 2.90.